The molecule has 1 aromatic heterocycles. The summed E-state index contributed by atoms with van der Waals surface area (Å²) in [6.45, 7) is 5.14. The maximum Gasteiger partial charge on any atom is 0.120 e. The van der Waals surface area contributed by atoms with Crippen molar-refractivity contribution in [3.8, 4) is 11.8 Å². The Morgan fingerprint density at radius 2 is 1.96 bits per heavy atom. The van der Waals surface area contributed by atoms with Crippen molar-refractivity contribution in [3.05, 3.63) is 48.2 Å². The van der Waals surface area contributed by atoms with E-state index in [2.05, 4.69) is 28.1 Å². The van der Waals surface area contributed by atoms with Gasteiger partial charge in [-0.1, -0.05) is 6.07 Å². The zero-order valence-corrected chi connectivity index (χ0v) is 13.9. The number of rotatable bonds is 4. The minimum Gasteiger partial charge on any atom is -0.492 e. The Hall–Kier alpha value is -2.68. The van der Waals surface area contributed by atoms with Gasteiger partial charge in [-0.25, -0.2) is 0 Å². The van der Waals surface area contributed by atoms with Crippen LogP contribution in [0.25, 0.3) is 21.7 Å². The minimum absolute atomic E-state index is 0.574. The van der Waals surface area contributed by atoms with Crippen LogP contribution in [0.15, 0.2) is 42.6 Å². The lowest BCUT2D eigenvalue weighted by Gasteiger charge is -2.26. The number of morpholine rings is 1. The summed E-state index contributed by atoms with van der Waals surface area (Å²) >= 11 is 0. The molecule has 25 heavy (non-hydrogen) atoms. The molecule has 1 saturated heterocycles. The third kappa shape index (κ3) is 3.55. The topological polar surface area (TPSA) is 58.4 Å². The van der Waals surface area contributed by atoms with E-state index in [4.69, 9.17) is 14.7 Å². The lowest BCUT2D eigenvalue weighted by Crippen LogP contribution is -2.38. The van der Waals surface area contributed by atoms with Gasteiger partial charge >= 0.3 is 0 Å². The van der Waals surface area contributed by atoms with Crippen LogP contribution in [0.4, 0.5) is 0 Å². The highest BCUT2D eigenvalue weighted by molar-refractivity contribution is 5.97. The molecule has 0 spiro atoms. The van der Waals surface area contributed by atoms with Crippen LogP contribution in [0.3, 0.4) is 0 Å². The van der Waals surface area contributed by atoms with E-state index in [0.29, 0.717) is 12.2 Å². The minimum atomic E-state index is 0.574. The lowest BCUT2D eigenvalue weighted by atomic mass is 10.1. The number of nitrogens with zero attached hydrogens (tertiary/aromatic N) is 3. The van der Waals surface area contributed by atoms with Gasteiger partial charge < -0.3 is 9.47 Å². The summed E-state index contributed by atoms with van der Waals surface area (Å²) in [5.41, 5.74) is 1.47. The van der Waals surface area contributed by atoms with Crippen molar-refractivity contribution in [1.82, 2.24) is 9.88 Å². The summed E-state index contributed by atoms with van der Waals surface area (Å²) < 4.78 is 11.3. The number of ether oxygens (including phenoxy) is 2. The van der Waals surface area contributed by atoms with Crippen molar-refractivity contribution in [2.24, 2.45) is 0 Å². The van der Waals surface area contributed by atoms with Crippen LogP contribution < -0.4 is 4.74 Å². The fraction of sp³-hybridized carbons (Fsp3) is 0.300. The highest BCUT2D eigenvalue weighted by Gasteiger charge is 2.10. The molecule has 0 unspecified atom stereocenters. The van der Waals surface area contributed by atoms with Crippen molar-refractivity contribution in [1.29, 1.82) is 5.26 Å². The van der Waals surface area contributed by atoms with Gasteiger partial charge in [0.15, 0.2) is 0 Å². The molecule has 1 aliphatic rings. The molecule has 5 heteroatoms. The molecule has 0 bridgehead atoms. The predicted octanol–water partition coefficient (Wildman–Crippen LogP) is 2.97. The molecule has 0 N–H and O–H groups in total. The molecule has 0 saturated carbocycles. The second-order valence-electron chi connectivity index (χ2n) is 6.19. The van der Waals surface area contributed by atoms with Crippen molar-refractivity contribution in [3.63, 3.8) is 0 Å². The second kappa shape index (κ2) is 7.06. The first-order chi connectivity index (χ1) is 12.3. The van der Waals surface area contributed by atoms with Crippen LogP contribution in [-0.2, 0) is 4.74 Å². The van der Waals surface area contributed by atoms with Gasteiger partial charge in [0, 0.05) is 31.2 Å². The van der Waals surface area contributed by atoms with E-state index >= 15 is 0 Å². The molecule has 126 valence electrons. The van der Waals surface area contributed by atoms with Gasteiger partial charge in [-0.15, -0.1) is 0 Å². The molecule has 0 amide bonds. The summed E-state index contributed by atoms with van der Waals surface area (Å²) in [7, 11) is 0. The number of aromatic nitrogens is 1. The summed E-state index contributed by atoms with van der Waals surface area (Å²) in [5, 5.41) is 12.2. The number of fused-ring (bicyclic) bond motifs is 2. The molecule has 1 fully saturated rings. The number of hydrogen-bond acceptors (Lipinski definition) is 5. The smallest absolute Gasteiger partial charge is 0.120 e. The molecule has 2 aromatic carbocycles. The lowest BCUT2D eigenvalue weighted by molar-refractivity contribution is 0.0322. The van der Waals surface area contributed by atoms with Gasteiger partial charge in [-0.05, 0) is 41.1 Å². The van der Waals surface area contributed by atoms with Crippen LogP contribution in [0.1, 0.15) is 5.56 Å². The Morgan fingerprint density at radius 1 is 1.08 bits per heavy atom. The van der Waals surface area contributed by atoms with Crippen LogP contribution in [-0.4, -0.2) is 49.3 Å². The maximum atomic E-state index is 9.04. The van der Waals surface area contributed by atoms with E-state index in [1.165, 1.54) is 0 Å². The van der Waals surface area contributed by atoms with E-state index < -0.39 is 0 Å². The molecule has 0 radical (unpaired) electrons. The largest absolute Gasteiger partial charge is 0.492 e. The molecular formula is C20H19N3O2. The Labute approximate surface area is 146 Å². The van der Waals surface area contributed by atoms with Gasteiger partial charge in [-0.3, -0.25) is 9.88 Å². The number of nitriles is 1. The fourth-order valence-corrected chi connectivity index (χ4v) is 3.12. The van der Waals surface area contributed by atoms with Gasteiger partial charge in [0.1, 0.15) is 18.4 Å². The Balaban J connectivity index is 1.52. The molecule has 1 aliphatic heterocycles. The Bertz CT molecular complexity index is 943. The summed E-state index contributed by atoms with van der Waals surface area (Å²) in [6, 6.07) is 14.2. The standard InChI is InChI=1S/C20H19N3O2/c21-13-15-9-18-10-17-11-19(2-1-16(17)12-20(18)22-14-15)25-8-5-23-3-6-24-7-4-23/h1-2,9-12,14H,3-8H2. The van der Waals surface area contributed by atoms with Gasteiger partial charge in [0.25, 0.3) is 0 Å². The molecule has 3 aromatic rings. The van der Waals surface area contributed by atoms with Crippen LogP contribution in [0, 0.1) is 11.3 Å². The third-order valence-corrected chi connectivity index (χ3v) is 4.52. The van der Waals surface area contributed by atoms with Gasteiger partial charge in [0.2, 0.25) is 0 Å². The van der Waals surface area contributed by atoms with Crippen LogP contribution in [0.5, 0.6) is 5.75 Å². The molecule has 2 heterocycles. The number of pyridine rings is 1. The normalized spacial score (nSPS) is 15.3. The van der Waals surface area contributed by atoms with E-state index in [-0.39, 0.29) is 0 Å². The maximum absolute atomic E-state index is 9.04. The summed E-state index contributed by atoms with van der Waals surface area (Å²) in [4.78, 5) is 6.71. The summed E-state index contributed by atoms with van der Waals surface area (Å²) in [5.74, 6) is 0.865. The first kappa shape index (κ1) is 15.8. The first-order valence-electron chi connectivity index (χ1n) is 8.48. The highest BCUT2D eigenvalue weighted by Crippen LogP contribution is 2.26. The van der Waals surface area contributed by atoms with Crippen molar-refractivity contribution in [2.75, 3.05) is 39.5 Å². The first-order valence-corrected chi connectivity index (χ1v) is 8.48. The summed E-state index contributed by atoms with van der Waals surface area (Å²) in [6.07, 6.45) is 1.61. The second-order valence-corrected chi connectivity index (χ2v) is 6.19. The van der Waals surface area contributed by atoms with E-state index in [9.17, 15) is 0 Å². The van der Waals surface area contributed by atoms with Crippen LogP contribution >= 0.6 is 0 Å². The van der Waals surface area contributed by atoms with Crippen molar-refractivity contribution in [2.45, 2.75) is 0 Å². The van der Waals surface area contributed by atoms with Crippen molar-refractivity contribution < 1.29 is 9.47 Å². The van der Waals surface area contributed by atoms with Crippen LogP contribution in [0.2, 0.25) is 0 Å². The highest BCUT2D eigenvalue weighted by atomic mass is 16.5. The van der Waals surface area contributed by atoms with Gasteiger partial charge in [-0.2, -0.15) is 5.26 Å². The monoisotopic (exact) mass is 333 g/mol. The zero-order valence-electron chi connectivity index (χ0n) is 13.9. The van der Waals surface area contributed by atoms with E-state index in [0.717, 1.165) is 60.3 Å². The molecule has 4 rings (SSSR count). The van der Waals surface area contributed by atoms with E-state index in [1.54, 1.807) is 6.20 Å². The quantitative estimate of drug-likeness (QED) is 0.687. The fourth-order valence-electron chi connectivity index (χ4n) is 3.12. The molecule has 5 nitrogen and oxygen atoms in total. The van der Waals surface area contributed by atoms with E-state index in [1.807, 2.05) is 24.3 Å². The predicted molar refractivity (Wildman–Crippen MR) is 96.7 cm³/mol. The Morgan fingerprint density at radius 3 is 2.80 bits per heavy atom. The zero-order chi connectivity index (χ0) is 17.1. The molecule has 0 atom stereocenters. The average Bonchev–Trinajstić information content (AvgIpc) is 2.66. The molecule has 0 aliphatic carbocycles. The number of hydrogen-bond donors (Lipinski definition) is 0. The van der Waals surface area contributed by atoms with Gasteiger partial charge in [0.05, 0.1) is 24.3 Å². The Kier molecular flexibility index (Phi) is 4.47. The molecular weight excluding hydrogens is 314 g/mol. The third-order valence-electron chi connectivity index (χ3n) is 4.52. The average molecular weight is 333 g/mol. The number of benzene rings is 2. The SMILES string of the molecule is N#Cc1cnc2cc3ccc(OCCN4CCOCC4)cc3cc2c1. The van der Waals surface area contributed by atoms with Crippen molar-refractivity contribution >= 4 is 21.7 Å².